The maximum Gasteiger partial charge on any atom is 0.261 e. The molecule has 4 rings (SSSR count). The summed E-state index contributed by atoms with van der Waals surface area (Å²) in [7, 11) is 0. The monoisotopic (exact) mass is 394 g/mol. The van der Waals surface area contributed by atoms with Crippen LogP contribution in [0.5, 0.6) is 5.75 Å². The number of halogens is 2. The van der Waals surface area contributed by atoms with Crippen molar-refractivity contribution in [1.29, 1.82) is 0 Å². The third-order valence-corrected chi connectivity index (χ3v) is 4.63. The van der Waals surface area contributed by atoms with Gasteiger partial charge in [0.1, 0.15) is 12.4 Å². The van der Waals surface area contributed by atoms with Gasteiger partial charge >= 0.3 is 0 Å². The number of aromatic nitrogens is 2. The molecule has 0 amide bonds. The summed E-state index contributed by atoms with van der Waals surface area (Å²) in [5.41, 5.74) is 1.20. The molecule has 3 aromatic carbocycles. The molecule has 0 spiro atoms. The highest BCUT2D eigenvalue weighted by atomic mass is 35.5. The van der Waals surface area contributed by atoms with E-state index < -0.39 is 5.82 Å². The summed E-state index contributed by atoms with van der Waals surface area (Å²) < 4.78 is 20.8. The average molecular weight is 395 g/mol. The molecule has 28 heavy (non-hydrogen) atoms. The van der Waals surface area contributed by atoms with Gasteiger partial charge in [0, 0.05) is 10.6 Å². The predicted octanol–water partition coefficient (Wildman–Crippen LogP) is 4.94. The van der Waals surface area contributed by atoms with Gasteiger partial charge in [-0.25, -0.2) is 9.37 Å². The Balaban J connectivity index is 1.73. The average Bonchev–Trinajstić information content (AvgIpc) is 2.71. The predicted molar refractivity (Wildman–Crippen MR) is 108 cm³/mol. The van der Waals surface area contributed by atoms with Gasteiger partial charge in [-0.3, -0.25) is 9.36 Å². The summed E-state index contributed by atoms with van der Waals surface area (Å²) in [5.74, 6) is 0.222. The Morgan fingerprint density at radius 1 is 0.964 bits per heavy atom. The minimum absolute atomic E-state index is 0.126. The van der Waals surface area contributed by atoms with E-state index >= 15 is 0 Å². The van der Waals surface area contributed by atoms with Crippen molar-refractivity contribution in [2.75, 3.05) is 6.61 Å². The number of benzene rings is 3. The van der Waals surface area contributed by atoms with Crippen LogP contribution < -0.4 is 10.3 Å². The summed E-state index contributed by atoms with van der Waals surface area (Å²) in [6, 6.07) is 20.5. The Labute approximate surface area is 165 Å². The van der Waals surface area contributed by atoms with E-state index in [1.54, 1.807) is 53.1 Å². The highest BCUT2D eigenvalue weighted by Crippen LogP contribution is 2.21. The van der Waals surface area contributed by atoms with Crippen LogP contribution in [-0.4, -0.2) is 16.2 Å². The molecular weight excluding hydrogens is 379 g/mol. The van der Waals surface area contributed by atoms with Crippen molar-refractivity contribution >= 4 is 22.5 Å². The number of hydrogen-bond donors (Lipinski definition) is 0. The maximum absolute atomic E-state index is 13.8. The van der Waals surface area contributed by atoms with E-state index in [-0.39, 0.29) is 24.5 Å². The van der Waals surface area contributed by atoms with Crippen molar-refractivity contribution in [1.82, 2.24) is 9.55 Å². The zero-order valence-corrected chi connectivity index (χ0v) is 15.6. The smallest absolute Gasteiger partial charge is 0.261 e. The molecule has 0 bridgehead atoms. The first-order chi connectivity index (χ1) is 13.6. The summed E-state index contributed by atoms with van der Waals surface area (Å²) in [5, 5.41) is 1.12. The summed E-state index contributed by atoms with van der Waals surface area (Å²) in [6.45, 7) is 0.352. The summed E-state index contributed by atoms with van der Waals surface area (Å²) >= 11 is 5.99. The minimum Gasteiger partial charge on any atom is -0.489 e. The summed E-state index contributed by atoms with van der Waals surface area (Å²) in [6.07, 6.45) is 0. The largest absolute Gasteiger partial charge is 0.489 e. The van der Waals surface area contributed by atoms with Crippen LogP contribution in [0.15, 0.2) is 77.6 Å². The molecule has 0 radical (unpaired) electrons. The van der Waals surface area contributed by atoms with Crippen molar-refractivity contribution in [3.63, 3.8) is 0 Å². The highest BCUT2D eigenvalue weighted by Gasteiger charge is 2.13. The van der Waals surface area contributed by atoms with Gasteiger partial charge in [0.2, 0.25) is 0 Å². The van der Waals surface area contributed by atoms with Crippen LogP contribution in [-0.2, 0) is 6.54 Å². The molecule has 0 saturated heterocycles. The molecule has 0 fully saturated rings. The van der Waals surface area contributed by atoms with E-state index in [1.807, 2.05) is 18.2 Å². The topological polar surface area (TPSA) is 44.1 Å². The molecule has 1 aromatic heterocycles. The lowest BCUT2D eigenvalue weighted by atomic mass is 10.2. The molecule has 1 heterocycles. The molecular formula is C22H16ClFN2O2. The second-order valence-corrected chi connectivity index (χ2v) is 6.63. The Kier molecular flexibility index (Phi) is 5.08. The first kappa shape index (κ1) is 18.2. The molecule has 6 heteroatoms. The van der Waals surface area contributed by atoms with Crippen molar-refractivity contribution in [3.8, 4) is 17.1 Å². The fourth-order valence-electron chi connectivity index (χ4n) is 3.00. The van der Waals surface area contributed by atoms with Crippen LogP contribution in [0, 0.1) is 5.82 Å². The number of fused-ring (bicyclic) bond motifs is 1. The van der Waals surface area contributed by atoms with E-state index in [4.69, 9.17) is 16.3 Å². The molecule has 0 aliphatic carbocycles. The summed E-state index contributed by atoms with van der Waals surface area (Å²) in [4.78, 5) is 17.7. The SMILES string of the molecule is O=c1c2ccccc2nc(-c2ccc(Cl)cc2)n1CCOc1ccccc1F. The Morgan fingerprint density at radius 2 is 1.68 bits per heavy atom. The van der Waals surface area contributed by atoms with Crippen LogP contribution in [0.4, 0.5) is 4.39 Å². The molecule has 0 aliphatic rings. The molecule has 0 unspecified atom stereocenters. The second kappa shape index (κ2) is 7.82. The van der Waals surface area contributed by atoms with Gasteiger partial charge in [-0.2, -0.15) is 0 Å². The van der Waals surface area contributed by atoms with Crippen molar-refractivity contribution < 1.29 is 9.13 Å². The maximum atomic E-state index is 13.8. The minimum atomic E-state index is -0.440. The number of nitrogens with zero attached hydrogens (tertiary/aromatic N) is 2. The lowest BCUT2D eigenvalue weighted by Crippen LogP contribution is -2.26. The van der Waals surface area contributed by atoms with Crippen molar-refractivity contribution in [2.45, 2.75) is 6.54 Å². The molecule has 0 aliphatic heterocycles. The Bertz CT molecular complexity index is 1190. The second-order valence-electron chi connectivity index (χ2n) is 6.20. The normalized spacial score (nSPS) is 10.9. The van der Waals surface area contributed by atoms with Crippen LogP contribution in [0.25, 0.3) is 22.3 Å². The fraction of sp³-hybridized carbons (Fsp3) is 0.0909. The van der Waals surface area contributed by atoms with Crippen LogP contribution >= 0.6 is 11.6 Å². The van der Waals surface area contributed by atoms with E-state index in [1.165, 1.54) is 6.07 Å². The first-order valence-corrected chi connectivity index (χ1v) is 9.14. The zero-order valence-electron chi connectivity index (χ0n) is 14.8. The molecule has 4 aromatic rings. The van der Waals surface area contributed by atoms with Gasteiger partial charge in [-0.05, 0) is 48.5 Å². The molecule has 0 saturated carbocycles. The molecule has 0 atom stereocenters. The van der Waals surface area contributed by atoms with Crippen LogP contribution in [0.2, 0.25) is 5.02 Å². The molecule has 4 nitrogen and oxygen atoms in total. The fourth-order valence-corrected chi connectivity index (χ4v) is 3.13. The number of ether oxygens (including phenoxy) is 1. The van der Waals surface area contributed by atoms with Gasteiger partial charge < -0.3 is 4.74 Å². The van der Waals surface area contributed by atoms with E-state index in [0.29, 0.717) is 21.7 Å². The van der Waals surface area contributed by atoms with Gasteiger partial charge in [0.15, 0.2) is 11.6 Å². The lowest BCUT2D eigenvalue weighted by Gasteiger charge is -2.14. The van der Waals surface area contributed by atoms with Crippen LogP contribution in [0.1, 0.15) is 0 Å². The third kappa shape index (κ3) is 3.62. The van der Waals surface area contributed by atoms with Crippen molar-refractivity contribution in [3.05, 3.63) is 94.0 Å². The number of rotatable bonds is 5. The van der Waals surface area contributed by atoms with Crippen molar-refractivity contribution in [2.24, 2.45) is 0 Å². The van der Waals surface area contributed by atoms with Gasteiger partial charge in [0.25, 0.3) is 5.56 Å². The van der Waals surface area contributed by atoms with Gasteiger partial charge in [0.05, 0.1) is 17.4 Å². The number of hydrogen-bond acceptors (Lipinski definition) is 3. The lowest BCUT2D eigenvalue weighted by molar-refractivity contribution is 0.283. The van der Waals surface area contributed by atoms with Gasteiger partial charge in [-0.1, -0.05) is 35.9 Å². The molecule has 140 valence electrons. The zero-order chi connectivity index (χ0) is 19.5. The number of para-hydroxylation sites is 2. The van der Waals surface area contributed by atoms with E-state index in [9.17, 15) is 9.18 Å². The Hall–Kier alpha value is -3.18. The first-order valence-electron chi connectivity index (χ1n) is 8.76. The standard InChI is InChI=1S/C22H16ClFN2O2/c23-16-11-9-15(10-12-16)21-25-19-7-3-1-5-17(19)22(27)26(21)13-14-28-20-8-4-2-6-18(20)24/h1-12H,13-14H2. The van der Waals surface area contributed by atoms with Crippen LogP contribution in [0.3, 0.4) is 0 Å². The molecule has 0 N–H and O–H groups in total. The Morgan fingerprint density at radius 3 is 2.46 bits per heavy atom. The highest BCUT2D eigenvalue weighted by molar-refractivity contribution is 6.30. The van der Waals surface area contributed by atoms with E-state index in [2.05, 4.69) is 4.98 Å². The van der Waals surface area contributed by atoms with E-state index in [0.717, 1.165) is 5.56 Å². The quantitative estimate of drug-likeness (QED) is 0.482. The third-order valence-electron chi connectivity index (χ3n) is 4.37. The van der Waals surface area contributed by atoms with Gasteiger partial charge in [-0.15, -0.1) is 0 Å².